The summed E-state index contributed by atoms with van der Waals surface area (Å²) >= 11 is 3.74. The Morgan fingerprint density at radius 3 is 2.82 bits per heavy atom. The Kier molecular flexibility index (Phi) is 4.35. The van der Waals surface area contributed by atoms with E-state index in [1.165, 1.54) is 42.0 Å². The number of hydrogen-bond donors (Lipinski definition) is 1. The van der Waals surface area contributed by atoms with Gasteiger partial charge in [-0.25, -0.2) is 4.39 Å². The van der Waals surface area contributed by atoms with E-state index < -0.39 is 0 Å². The number of hydrogen-bond acceptors (Lipinski definition) is 2. The van der Waals surface area contributed by atoms with Gasteiger partial charge >= 0.3 is 0 Å². The van der Waals surface area contributed by atoms with Crippen LogP contribution in [0.1, 0.15) is 35.4 Å². The third-order valence-corrected chi connectivity index (χ3v) is 6.32. The molecule has 2 aromatic carbocycles. The first-order valence-corrected chi connectivity index (χ1v) is 10.4. The first kappa shape index (κ1) is 17.7. The Bertz CT molecular complexity index is 1210. The van der Waals surface area contributed by atoms with E-state index in [9.17, 15) is 4.39 Å². The molecule has 0 unspecified atom stereocenters. The molecule has 2 aromatic heterocycles. The number of methoxy groups -OCH3 is 1. The maximum Gasteiger partial charge on any atom is 0.165 e. The second-order valence-electron chi connectivity index (χ2n) is 7.37. The highest BCUT2D eigenvalue weighted by atomic mass is 79.9. The van der Waals surface area contributed by atoms with Gasteiger partial charge in [-0.3, -0.25) is 4.98 Å². The van der Waals surface area contributed by atoms with Crippen LogP contribution in [0, 0.1) is 5.82 Å². The van der Waals surface area contributed by atoms with Gasteiger partial charge in [0, 0.05) is 32.9 Å². The van der Waals surface area contributed by atoms with Crippen LogP contribution in [0.4, 0.5) is 4.39 Å². The average Bonchev–Trinajstić information content (AvgIpc) is 3.10. The summed E-state index contributed by atoms with van der Waals surface area (Å²) in [6.45, 7) is 0. The van der Waals surface area contributed by atoms with Crippen LogP contribution in [-0.4, -0.2) is 17.1 Å². The minimum absolute atomic E-state index is 0.266. The molecule has 3 nitrogen and oxygen atoms in total. The lowest BCUT2D eigenvalue weighted by atomic mass is 9.91. The first-order valence-electron chi connectivity index (χ1n) is 9.58. The summed E-state index contributed by atoms with van der Waals surface area (Å²) in [4.78, 5) is 8.62. The standard InChI is InChI=1S/C23H20BrFN2O/c1-28-20-10-9-13(11-16(20)25)12-19-23-21(14-5-2-3-7-17(14)26-19)22-15(24)6-4-8-18(22)27-23/h4,6,8-11,27H,2-3,5,7,12H2,1H3. The van der Waals surface area contributed by atoms with Gasteiger partial charge in [0.1, 0.15) is 0 Å². The van der Waals surface area contributed by atoms with E-state index in [1.54, 1.807) is 12.1 Å². The van der Waals surface area contributed by atoms with Gasteiger partial charge in [-0.2, -0.15) is 0 Å². The number of ether oxygens (including phenoxy) is 1. The molecule has 0 fully saturated rings. The number of H-pyrrole nitrogens is 1. The lowest BCUT2D eigenvalue weighted by Gasteiger charge is -2.18. The first-order chi connectivity index (χ1) is 13.7. The second kappa shape index (κ2) is 6.89. The smallest absolute Gasteiger partial charge is 0.165 e. The summed E-state index contributed by atoms with van der Waals surface area (Å²) in [6, 6.07) is 11.4. The molecule has 5 rings (SSSR count). The third-order valence-electron chi connectivity index (χ3n) is 5.66. The molecule has 0 atom stereocenters. The molecule has 0 spiro atoms. The van der Waals surface area contributed by atoms with Gasteiger partial charge in [0.2, 0.25) is 0 Å². The largest absolute Gasteiger partial charge is 0.494 e. The van der Waals surface area contributed by atoms with E-state index in [1.807, 2.05) is 12.1 Å². The molecule has 1 N–H and O–H groups in total. The van der Waals surface area contributed by atoms with Crippen LogP contribution < -0.4 is 4.74 Å². The molecular formula is C23H20BrFN2O. The summed E-state index contributed by atoms with van der Waals surface area (Å²) in [6.07, 6.45) is 5.02. The summed E-state index contributed by atoms with van der Waals surface area (Å²) in [5.74, 6) is -0.0737. The molecule has 0 bridgehead atoms. The fourth-order valence-electron chi connectivity index (χ4n) is 4.36. The molecule has 1 aliphatic carbocycles. The molecular weight excluding hydrogens is 419 g/mol. The van der Waals surface area contributed by atoms with Crippen LogP contribution in [0.5, 0.6) is 5.75 Å². The Morgan fingerprint density at radius 2 is 2.00 bits per heavy atom. The SMILES string of the molecule is COc1ccc(Cc2nc3c(c4c2[nH]c2cccc(Br)c24)CCCC3)cc1F. The number of fused-ring (bicyclic) bond motifs is 5. The van der Waals surface area contributed by atoms with E-state index in [2.05, 4.69) is 33.0 Å². The third kappa shape index (κ3) is 2.80. The van der Waals surface area contributed by atoms with E-state index >= 15 is 0 Å². The summed E-state index contributed by atoms with van der Waals surface area (Å²) in [7, 11) is 1.48. The van der Waals surface area contributed by atoms with Gasteiger partial charge in [0.25, 0.3) is 0 Å². The maximum atomic E-state index is 14.2. The molecule has 0 radical (unpaired) electrons. The van der Waals surface area contributed by atoms with Crippen LogP contribution in [0.3, 0.4) is 0 Å². The van der Waals surface area contributed by atoms with Gasteiger partial charge in [-0.1, -0.05) is 28.1 Å². The minimum Gasteiger partial charge on any atom is -0.494 e. The van der Waals surface area contributed by atoms with Crippen molar-refractivity contribution in [3.05, 3.63) is 69.2 Å². The molecule has 0 saturated carbocycles. The molecule has 1 aliphatic rings. The molecule has 142 valence electrons. The Balaban J connectivity index is 1.74. The van der Waals surface area contributed by atoms with Crippen LogP contribution in [0.15, 0.2) is 40.9 Å². The van der Waals surface area contributed by atoms with E-state index in [4.69, 9.17) is 9.72 Å². The number of nitrogens with zero attached hydrogens (tertiary/aromatic N) is 1. The second-order valence-corrected chi connectivity index (χ2v) is 8.23. The number of aryl methyl sites for hydroxylation is 2. The van der Waals surface area contributed by atoms with Crippen LogP contribution in [0.25, 0.3) is 21.8 Å². The lowest BCUT2D eigenvalue weighted by Crippen LogP contribution is -2.09. The maximum absolute atomic E-state index is 14.2. The summed E-state index contributed by atoms with van der Waals surface area (Å²) in [5.41, 5.74) is 6.60. The van der Waals surface area contributed by atoms with Crippen LogP contribution in [-0.2, 0) is 19.3 Å². The Hall–Kier alpha value is -2.40. The minimum atomic E-state index is -0.339. The molecule has 5 heteroatoms. The van der Waals surface area contributed by atoms with Crippen LogP contribution >= 0.6 is 15.9 Å². The number of rotatable bonds is 3. The van der Waals surface area contributed by atoms with E-state index in [0.717, 1.165) is 39.6 Å². The number of nitrogens with one attached hydrogen (secondary N) is 1. The number of aromatic nitrogens is 2. The number of halogens is 2. The van der Waals surface area contributed by atoms with Crippen molar-refractivity contribution in [2.24, 2.45) is 0 Å². The normalized spacial score (nSPS) is 13.8. The molecule has 28 heavy (non-hydrogen) atoms. The molecule has 0 aliphatic heterocycles. The fraction of sp³-hybridized carbons (Fsp3) is 0.261. The van der Waals surface area contributed by atoms with Crippen molar-refractivity contribution in [3.8, 4) is 5.75 Å². The molecule has 0 saturated heterocycles. The van der Waals surface area contributed by atoms with Gasteiger partial charge in [-0.15, -0.1) is 0 Å². The van der Waals surface area contributed by atoms with Gasteiger partial charge in [-0.05, 0) is 61.1 Å². The van der Waals surface area contributed by atoms with Crippen molar-refractivity contribution in [1.82, 2.24) is 9.97 Å². The van der Waals surface area contributed by atoms with Gasteiger partial charge in [0.15, 0.2) is 11.6 Å². The van der Waals surface area contributed by atoms with E-state index in [0.29, 0.717) is 6.42 Å². The highest BCUT2D eigenvalue weighted by Gasteiger charge is 2.22. The summed E-state index contributed by atoms with van der Waals surface area (Å²) < 4.78 is 20.3. The average molecular weight is 439 g/mol. The van der Waals surface area contributed by atoms with Gasteiger partial charge < -0.3 is 9.72 Å². The van der Waals surface area contributed by atoms with Gasteiger partial charge in [0.05, 0.1) is 18.3 Å². The lowest BCUT2D eigenvalue weighted by molar-refractivity contribution is 0.386. The quantitative estimate of drug-likeness (QED) is 0.419. The zero-order valence-electron chi connectivity index (χ0n) is 15.6. The topological polar surface area (TPSA) is 37.9 Å². The Labute approximate surface area is 171 Å². The zero-order valence-corrected chi connectivity index (χ0v) is 17.2. The Morgan fingerprint density at radius 1 is 1.14 bits per heavy atom. The molecule has 4 aromatic rings. The molecule has 2 heterocycles. The highest BCUT2D eigenvalue weighted by molar-refractivity contribution is 9.10. The van der Waals surface area contributed by atoms with Crippen LogP contribution in [0.2, 0.25) is 0 Å². The fourth-order valence-corrected chi connectivity index (χ4v) is 4.93. The van der Waals surface area contributed by atoms with Crippen molar-refractivity contribution in [1.29, 1.82) is 0 Å². The van der Waals surface area contributed by atoms with Crippen molar-refractivity contribution >= 4 is 37.7 Å². The van der Waals surface area contributed by atoms with Crippen molar-refractivity contribution in [2.45, 2.75) is 32.1 Å². The predicted molar refractivity (Wildman–Crippen MR) is 114 cm³/mol. The van der Waals surface area contributed by atoms with E-state index in [-0.39, 0.29) is 11.6 Å². The zero-order chi connectivity index (χ0) is 19.3. The van der Waals surface area contributed by atoms with Crippen molar-refractivity contribution < 1.29 is 9.13 Å². The van der Waals surface area contributed by atoms with Crippen molar-refractivity contribution in [3.63, 3.8) is 0 Å². The monoisotopic (exact) mass is 438 g/mol. The highest BCUT2D eigenvalue weighted by Crippen LogP contribution is 2.38. The predicted octanol–water partition coefficient (Wildman–Crippen LogP) is 6.10. The number of pyridine rings is 1. The number of aromatic amines is 1. The molecule has 0 amide bonds. The number of benzene rings is 2. The van der Waals surface area contributed by atoms with Crippen molar-refractivity contribution in [2.75, 3.05) is 7.11 Å². The summed E-state index contributed by atoms with van der Waals surface area (Å²) in [5, 5.41) is 2.50.